The van der Waals surface area contributed by atoms with Crippen LogP contribution >= 0.6 is 11.8 Å². The highest BCUT2D eigenvalue weighted by Crippen LogP contribution is 2.35. The predicted octanol–water partition coefficient (Wildman–Crippen LogP) is 2.05. The molecule has 2 heterocycles. The van der Waals surface area contributed by atoms with Gasteiger partial charge in [-0.1, -0.05) is 26.2 Å². The molecule has 3 rings (SSSR count). The van der Waals surface area contributed by atoms with Gasteiger partial charge in [0.05, 0.1) is 13.0 Å². The molecule has 1 saturated carbocycles. The van der Waals surface area contributed by atoms with Gasteiger partial charge < -0.3 is 15.0 Å². The average molecular weight is 397 g/mol. The van der Waals surface area contributed by atoms with Gasteiger partial charge in [0.25, 0.3) is 0 Å². The zero-order valence-corrected chi connectivity index (χ0v) is 18.0. The van der Waals surface area contributed by atoms with Gasteiger partial charge in [0.2, 0.25) is 0 Å². The third kappa shape index (κ3) is 4.73. The lowest BCUT2D eigenvalue weighted by Gasteiger charge is -2.48. The Balaban J connectivity index is 1.64. The van der Waals surface area contributed by atoms with E-state index in [1.807, 2.05) is 7.05 Å². The molecule has 6 nitrogen and oxygen atoms in total. The van der Waals surface area contributed by atoms with Crippen LogP contribution in [-0.2, 0) is 9.53 Å². The number of guanidine groups is 1. The molecular weight excluding hydrogens is 360 g/mol. The van der Waals surface area contributed by atoms with E-state index in [1.165, 1.54) is 63.8 Å². The quantitative estimate of drug-likeness (QED) is 0.446. The van der Waals surface area contributed by atoms with E-state index in [4.69, 9.17) is 4.74 Å². The minimum atomic E-state index is -0.102. The molecule has 2 saturated heterocycles. The fraction of sp³-hybridized carbons (Fsp3) is 0.900. The molecule has 0 aromatic rings. The Morgan fingerprint density at radius 2 is 1.93 bits per heavy atom. The second kappa shape index (κ2) is 9.50. The topological polar surface area (TPSA) is 57.2 Å². The molecule has 2 unspecified atom stereocenters. The molecule has 154 valence electrons. The number of hydrogen-bond donors (Lipinski definition) is 1. The number of rotatable bonds is 4. The molecule has 7 heteroatoms. The van der Waals surface area contributed by atoms with Crippen LogP contribution in [0.4, 0.5) is 0 Å². The van der Waals surface area contributed by atoms with Crippen molar-refractivity contribution in [2.75, 3.05) is 58.4 Å². The Morgan fingerprint density at radius 3 is 2.56 bits per heavy atom. The zero-order chi connectivity index (χ0) is 19.3. The monoisotopic (exact) mass is 396 g/mol. The van der Waals surface area contributed by atoms with Crippen LogP contribution in [0.25, 0.3) is 0 Å². The summed E-state index contributed by atoms with van der Waals surface area (Å²) in [7, 11) is 3.33. The van der Waals surface area contributed by atoms with E-state index in [0.717, 1.165) is 19.0 Å². The maximum Gasteiger partial charge on any atom is 0.310 e. The number of thioether (sulfide) groups is 1. The zero-order valence-electron chi connectivity index (χ0n) is 17.2. The van der Waals surface area contributed by atoms with Crippen LogP contribution in [0.15, 0.2) is 4.99 Å². The molecule has 0 bridgehead atoms. The van der Waals surface area contributed by atoms with Gasteiger partial charge in [-0.05, 0) is 18.8 Å². The van der Waals surface area contributed by atoms with Crippen LogP contribution < -0.4 is 5.32 Å². The maximum atomic E-state index is 12.0. The molecule has 3 fully saturated rings. The molecule has 1 aliphatic carbocycles. The first-order chi connectivity index (χ1) is 13.1. The molecule has 0 aromatic heterocycles. The Bertz CT molecular complexity index is 530. The first-order valence-corrected chi connectivity index (χ1v) is 11.6. The van der Waals surface area contributed by atoms with Crippen molar-refractivity contribution in [3.05, 3.63) is 0 Å². The van der Waals surface area contributed by atoms with Crippen LogP contribution in [0.1, 0.15) is 39.0 Å². The second-order valence-electron chi connectivity index (χ2n) is 8.30. The number of likely N-dealkylation sites (tertiary alicyclic amines) is 1. The van der Waals surface area contributed by atoms with Crippen molar-refractivity contribution in [1.82, 2.24) is 15.1 Å². The summed E-state index contributed by atoms with van der Waals surface area (Å²) in [6.45, 7) is 7.04. The summed E-state index contributed by atoms with van der Waals surface area (Å²) >= 11 is 2.08. The van der Waals surface area contributed by atoms with Gasteiger partial charge in [-0.3, -0.25) is 14.7 Å². The number of hydrogen-bond acceptors (Lipinski definition) is 5. The third-order valence-electron chi connectivity index (χ3n) is 6.67. The smallest absolute Gasteiger partial charge is 0.310 e. The van der Waals surface area contributed by atoms with Gasteiger partial charge in [-0.15, -0.1) is 0 Å². The first-order valence-electron chi connectivity index (χ1n) is 10.5. The van der Waals surface area contributed by atoms with E-state index in [-0.39, 0.29) is 17.4 Å². The van der Waals surface area contributed by atoms with Crippen molar-refractivity contribution in [1.29, 1.82) is 0 Å². The summed E-state index contributed by atoms with van der Waals surface area (Å²) in [6.07, 6.45) is 6.58. The standard InChI is InChI=1S/C20H36N4O2S/c1-16-13-23(14-17(16)18(25)26-3)19(21-2)22-15-20(7-5-4-6-8-20)24-9-11-27-12-10-24/h16-17H,4-15H2,1-3H3,(H,21,22). The first kappa shape index (κ1) is 20.8. The summed E-state index contributed by atoms with van der Waals surface area (Å²) in [5.41, 5.74) is 0.266. The maximum absolute atomic E-state index is 12.0. The van der Waals surface area contributed by atoms with E-state index >= 15 is 0 Å². The number of carbonyl (C=O) groups is 1. The van der Waals surface area contributed by atoms with Crippen molar-refractivity contribution < 1.29 is 9.53 Å². The van der Waals surface area contributed by atoms with E-state index in [1.54, 1.807) is 0 Å². The number of methoxy groups -OCH3 is 1. The highest BCUT2D eigenvalue weighted by molar-refractivity contribution is 7.99. The fourth-order valence-electron chi connectivity index (χ4n) is 5.03. The van der Waals surface area contributed by atoms with Crippen LogP contribution in [-0.4, -0.2) is 85.7 Å². The van der Waals surface area contributed by atoms with E-state index in [9.17, 15) is 4.79 Å². The minimum absolute atomic E-state index is 0.0590. The Kier molecular flexibility index (Phi) is 7.31. The van der Waals surface area contributed by atoms with E-state index in [0.29, 0.717) is 12.5 Å². The van der Waals surface area contributed by atoms with E-state index in [2.05, 4.69) is 38.8 Å². The number of nitrogens with zero attached hydrogens (tertiary/aromatic N) is 3. The third-order valence-corrected chi connectivity index (χ3v) is 7.61. The SMILES string of the molecule is CN=C(NCC1(N2CCSCC2)CCCCC1)N1CC(C)C(C(=O)OC)C1. The molecule has 0 amide bonds. The van der Waals surface area contributed by atoms with Crippen molar-refractivity contribution in [2.45, 2.75) is 44.6 Å². The summed E-state index contributed by atoms with van der Waals surface area (Å²) in [4.78, 5) is 21.5. The van der Waals surface area contributed by atoms with Gasteiger partial charge >= 0.3 is 5.97 Å². The molecule has 0 aromatic carbocycles. The fourth-order valence-corrected chi connectivity index (χ4v) is 5.93. The van der Waals surface area contributed by atoms with Crippen LogP contribution in [0.5, 0.6) is 0 Å². The normalized spacial score (nSPS) is 29.6. The van der Waals surface area contributed by atoms with Crippen LogP contribution in [0, 0.1) is 11.8 Å². The van der Waals surface area contributed by atoms with Crippen LogP contribution in [0.2, 0.25) is 0 Å². The number of ether oxygens (including phenoxy) is 1. The number of esters is 1. The highest BCUT2D eigenvalue weighted by Gasteiger charge is 2.40. The minimum Gasteiger partial charge on any atom is -0.469 e. The van der Waals surface area contributed by atoms with E-state index < -0.39 is 0 Å². The molecule has 2 aliphatic heterocycles. The summed E-state index contributed by atoms with van der Waals surface area (Å²) < 4.78 is 4.98. The van der Waals surface area contributed by atoms with Gasteiger partial charge in [0.15, 0.2) is 5.96 Å². The number of aliphatic imine (C=N–C) groups is 1. The van der Waals surface area contributed by atoms with Gasteiger partial charge in [0.1, 0.15) is 0 Å². The lowest BCUT2D eigenvalue weighted by molar-refractivity contribution is -0.145. The molecular formula is C20H36N4O2S. The molecule has 27 heavy (non-hydrogen) atoms. The summed E-state index contributed by atoms with van der Waals surface area (Å²) in [6, 6.07) is 0. The van der Waals surface area contributed by atoms with Gasteiger partial charge in [-0.25, -0.2) is 0 Å². The molecule has 1 N–H and O–H groups in total. The Hall–Kier alpha value is -0.950. The number of carbonyl (C=O) groups excluding carboxylic acids is 1. The Morgan fingerprint density at radius 1 is 1.22 bits per heavy atom. The van der Waals surface area contributed by atoms with Gasteiger partial charge in [-0.2, -0.15) is 11.8 Å². The predicted molar refractivity (Wildman–Crippen MR) is 112 cm³/mol. The molecule has 0 radical (unpaired) electrons. The van der Waals surface area contributed by atoms with Gasteiger partial charge in [0, 0.05) is 56.8 Å². The van der Waals surface area contributed by atoms with Crippen molar-refractivity contribution in [3.63, 3.8) is 0 Å². The van der Waals surface area contributed by atoms with Crippen molar-refractivity contribution >= 4 is 23.7 Å². The summed E-state index contributed by atoms with van der Waals surface area (Å²) in [5, 5.41) is 3.69. The van der Waals surface area contributed by atoms with Crippen molar-refractivity contribution in [3.8, 4) is 0 Å². The highest BCUT2D eigenvalue weighted by atomic mass is 32.2. The lowest BCUT2D eigenvalue weighted by Crippen LogP contribution is -2.60. The number of nitrogens with one attached hydrogen (secondary N) is 1. The second-order valence-corrected chi connectivity index (χ2v) is 9.52. The molecule has 2 atom stereocenters. The molecule has 0 spiro atoms. The van der Waals surface area contributed by atoms with Crippen molar-refractivity contribution in [2.24, 2.45) is 16.8 Å². The summed E-state index contributed by atoms with van der Waals surface area (Å²) in [5.74, 6) is 3.57. The average Bonchev–Trinajstić information content (AvgIpc) is 3.10. The molecule has 3 aliphatic rings. The van der Waals surface area contributed by atoms with Crippen LogP contribution in [0.3, 0.4) is 0 Å². The lowest BCUT2D eigenvalue weighted by atomic mass is 9.80. The largest absolute Gasteiger partial charge is 0.469 e. The Labute approximate surface area is 168 Å².